The van der Waals surface area contributed by atoms with Crippen molar-refractivity contribution in [2.75, 3.05) is 6.54 Å². The molecule has 1 aliphatic rings. The Hall–Kier alpha value is -2.63. The molecule has 0 atom stereocenters. The summed E-state index contributed by atoms with van der Waals surface area (Å²) in [7, 11) is 0. The fraction of sp³-hybridized carbons (Fsp3) is 0.389. The molecule has 0 unspecified atom stereocenters. The van der Waals surface area contributed by atoms with E-state index in [4.69, 9.17) is 5.10 Å². The second-order valence-corrected chi connectivity index (χ2v) is 6.39. The quantitative estimate of drug-likeness (QED) is 0.940. The van der Waals surface area contributed by atoms with Crippen LogP contribution in [0.15, 0.2) is 24.3 Å². The largest absolute Gasteiger partial charge is 0.478 e. The molecule has 0 aliphatic carbocycles. The van der Waals surface area contributed by atoms with Gasteiger partial charge in [0, 0.05) is 32.0 Å². The van der Waals surface area contributed by atoms with E-state index in [2.05, 4.69) is 13.8 Å². The average Bonchev–Trinajstić information content (AvgIpc) is 2.93. The molecule has 0 saturated carbocycles. The van der Waals surface area contributed by atoms with Crippen LogP contribution in [0.4, 0.5) is 0 Å². The van der Waals surface area contributed by atoms with Crippen LogP contribution in [-0.4, -0.2) is 38.2 Å². The highest BCUT2D eigenvalue weighted by molar-refractivity contribution is 5.91. The van der Waals surface area contributed by atoms with Crippen molar-refractivity contribution < 1.29 is 14.7 Å². The van der Waals surface area contributed by atoms with E-state index in [1.165, 1.54) is 0 Å². The second-order valence-electron chi connectivity index (χ2n) is 6.39. The Morgan fingerprint density at radius 3 is 2.58 bits per heavy atom. The summed E-state index contributed by atoms with van der Waals surface area (Å²) in [6, 6.07) is 6.89. The molecule has 1 aliphatic heterocycles. The zero-order chi connectivity index (χ0) is 17.4. The van der Waals surface area contributed by atoms with Crippen molar-refractivity contribution in [1.29, 1.82) is 0 Å². The lowest BCUT2D eigenvalue weighted by molar-refractivity contribution is -0.129. The molecule has 2 heterocycles. The van der Waals surface area contributed by atoms with Crippen molar-refractivity contribution in [1.82, 2.24) is 14.7 Å². The Bertz CT molecular complexity index is 808. The minimum Gasteiger partial charge on any atom is -0.478 e. The van der Waals surface area contributed by atoms with E-state index in [0.717, 1.165) is 17.0 Å². The van der Waals surface area contributed by atoms with Crippen LogP contribution in [0.3, 0.4) is 0 Å². The number of fused-ring (bicyclic) bond motifs is 1. The molecule has 0 fully saturated rings. The first-order valence-electron chi connectivity index (χ1n) is 8.09. The predicted molar refractivity (Wildman–Crippen MR) is 89.4 cm³/mol. The molecule has 1 N–H and O–H groups in total. The zero-order valence-corrected chi connectivity index (χ0v) is 14.1. The van der Waals surface area contributed by atoms with Gasteiger partial charge >= 0.3 is 5.97 Å². The SMILES string of the molecule is CC(=O)N1CCc2c(c(C(C)C)nn2-c2ccccc2C(=O)O)C1. The van der Waals surface area contributed by atoms with Crippen molar-refractivity contribution in [2.24, 2.45) is 0 Å². The average molecular weight is 327 g/mol. The van der Waals surface area contributed by atoms with Crippen molar-refractivity contribution in [2.45, 2.75) is 39.7 Å². The van der Waals surface area contributed by atoms with Gasteiger partial charge < -0.3 is 10.0 Å². The predicted octanol–water partition coefficient (Wildman–Crippen LogP) is 2.60. The molecular weight excluding hydrogens is 306 g/mol. The number of hydrogen-bond donors (Lipinski definition) is 1. The summed E-state index contributed by atoms with van der Waals surface area (Å²) in [5, 5.41) is 14.2. The van der Waals surface area contributed by atoms with E-state index in [1.54, 1.807) is 29.8 Å². The lowest BCUT2D eigenvalue weighted by Crippen LogP contribution is -2.35. The first kappa shape index (κ1) is 16.2. The number of aromatic nitrogens is 2. The number of carbonyl (C=O) groups excluding carboxylic acids is 1. The highest BCUT2D eigenvalue weighted by Crippen LogP contribution is 2.30. The number of carbonyl (C=O) groups is 2. The Labute approximate surface area is 140 Å². The monoisotopic (exact) mass is 327 g/mol. The maximum absolute atomic E-state index is 11.7. The normalized spacial score (nSPS) is 13.9. The Balaban J connectivity index is 2.17. The van der Waals surface area contributed by atoms with Crippen molar-refractivity contribution in [3.63, 3.8) is 0 Å². The summed E-state index contributed by atoms with van der Waals surface area (Å²) >= 11 is 0. The van der Waals surface area contributed by atoms with Crippen molar-refractivity contribution in [3.05, 3.63) is 46.8 Å². The first-order chi connectivity index (χ1) is 11.4. The molecule has 6 nitrogen and oxygen atoms in total. The lowest BCUT2D eigenvalue weighted by Gasteiger charge is -2.27. The molecule has 1 amide bonds. The minimum atomic E-state index is -0.970. The van der Waals surface area contributed by atoms with Crippen LogP contribution < -0.4 is 0 Å². The van der Waals surface area contributed by atoms with Crippen LogP contribution in [0.5, 0.6) is 0 Å². The van der Waals surface area contributed by atoms with Gasteiger partial charge in [-0.2, -0.15) is 5.10 Å². The number of rotatable bonds is 3. The van der Waals surface area contributed by atoms with Gasteiger partial charge in [-0.25, -0.2) is 9.48 Å². The number of carboxylic acid groups (broad SMARTS) is 1. The summed E-state index contributed by atoms with van der Waals surface area (Å²) in [6.07, 6.45) is 0.669. The third kappa shape index (κ3) is 2.68. The molecule has 1 aromatic heterocycles. The van der Waals surface area contributed by atoms with Gasteiger partial charge in [-0.05, 0) is 18.1 Å². The van der Waals surface area contributed by atoms with Gasteiger partial charge in [-0.15, -0.1) is 0 Å². The number of hydrogen-bond acceptors (Lipinski definition) is 3. The summed E-state index contributed by atoms with van der Waals surface area (Å²) in [5.74, 6) is -0.722. The number of nitrogens with zero attached hydrogens (tertiary/aromatic N) is 3. The molecule has 0 bridgehead atoms. The van der Waals surface area contributed by atoms with Crippen LogP contribution in [0.25, 0.3) is 5.69 Å². The Kier molecular flexibility index (Phi) is 4.13. The molecular formula is C18H21N3O3. The van der Waals surface area contributed by atoms with E-state index in [1.807, 2.05) is 11.0 Å². The molecule has 1 aromatic carbocycles. The van der Waals surface area contributed by atoms with Gasteiger partial charge in [-0.1, -0.05) is 26.0 Å². The van der Waals surface area contributed by atoms with Crippen LogP contribution >= 0.6 is 0 Å². The molecule has 0 saturated heterocycles. The van der Waals surface area contributed by atoms with E-state index >= 15 is 0 Å². The summed E-state index contributed by atoms with van der Waals surface area (Å²) in [5.41, 5.74) is 3.78. The maximum atomic E-state index is 11.7. The summed E-state index contributed by atoms with van der Waals surface area (Å²) < 4.78 is 1.76. The van der Waals surface area contributed by atoms with E-state index in [-0.39, 0.29) is 17.4 Å². The van der Waals surface area contributed by atoms with Crippen LogP contribution in [0.2, 0.25) is 0 Å². The van der Waals surface area contributed by atoms with Crippen LogP contribution in [0.1, 0.15) is 54.0 Å². The molecule has 24 heavy (non-hydrogen) atoms. The molecule has 3 rings (SSSR count). The van der Waals surface area contributed by atoms with E-state index in [9.17, 15) is 14.7 Å². The van der Waals surface area contributed by atoms with Gasteiger partial charge in [0.1, 0.15) is 0 Å². The van der Waals surface area contributed by atoms with Gasteiger partial charge in [0.15, 0.2) is 0 Å². The highest BCUT2D eigenvalue weighted by Gasteiger charge is 2.28. The van der Waals surface area contributed by atoms with E-state index in [0.29, 0.717) is 25.2 Å². The number of aromatic carboxylic acids is 1. The lowest BCUT2D eigenvalue weighted by atomic mass is 9.99. The number of amides is 1. The number of benzene rings is 1. The highest BCUT2D eigenvalue weighted by atomic mass is 16.4. The maximum Gasteiger partial charge on any atom is 0.337 e. The van der Waals surface area contributed by atoms with Crippen LogP contribution in [-0.2, 0) is 17.8 Å². The zero-order valence-electron chi connectivity index (χ0n) is 14.1. The summed E-state index contributed by atoms with van der Waals surface area (Å²) in [6.45, 7) is 6.85. The molecule has 0 spiro atoms. The van der Waals surface area contributed by atoms with Crippen molar-refractivity contribution >= 4 is 11.9 Å². The van der Waals surface area contributed by atoms with Crippen molar-refractivity contribution in [3.8, 4) is 5.69 Å². The third-order valence-electron chi connectivity index (χ3n) is 4.44. The van der Waals surface area contributed by atoms with E-state index < -0.39 is 5.97 Å². The molecule has 6 heteroatoms. The first-order valence-corrected chi connectivity index (χ1v) is 8.09. The molecule has 0 radical (unpaired) electrons. The molecule has 126 valence electrons. The van der Waals surface area contributed by atoms with Gasteiger partial charge in [0.2, 0.25) is 5.91 Å². The van der Waals surface area contributed by atoms with Gasteiger partial charge in [-0.3, -0.25) is 4.79 Å². The topological polar surface area (TPSA) is 75.4 Å². The fourth-order valence-corrected chi connectivity index (χ4v) is 3.22. The van der Waals surface area contributed by atoms with Crippen LogP contribution in [0, 0.1) is 0 Å². The second kappa shape index (κ2) is 6.11. The summed E-state index contributed by atoms with van der Waals surface area (Å²) in [4.78, 5) is 25.1. The number of carboxylic acids is 1. The molecule has 2 aromatic rings. The smallest absolute Gasteiger partial charge is 0.337 e. The van der Waals surface area contributed by atoms with Gasteiger partial charge in [0.05, 0.1) is 22.6 Å². The van der Waals surface area contributed by atoms with Gasteiger partial charge in [0.25, 0.3) is 0 Å². The minimum absolute atomic E-state index is 0.0500. The standard InChI is InChI=1S/C18H21N3O3/c1-11(2)17-14-10-20(12(3)22)9-8-16(14)21(19-17)15-7-5-4-6-13(15)18(23)24/h4-7,11H,8-10H2,1-3H3,(H,23,24). The Morgan fingerprint density at radius 2 is 1.96 bits per heavy atom. The fourth-order valence-electron chi connectivity index (χ4n) is 3.22. The Morgan fingerprint density at radius 1 is 1.25 bits per heavy atom. The number of para-hydroxylation sites is 1. The third-order valence-corrected chi connectivity index (χ3v) is 4.44.